The molecule has 14 heteroatoms. The summed E-state index contributed by atoms with van der Waals surface area (Å²) >= 11 is 0. The minimum Gasteiger partial charge on any atom is -0.390 e. The number of hydrogen-bond acceptors (Lipinski definition) is 7. The van der Waals surface area contributed by atoms with Gasteiger partial charge in [-0.3, -0.25) is 15.1 Å². The molecule has 4 rings (SSSR count). The number of hydrogen-bond donors (Lipinski definition) is 3. The third kappa shape index (κ3) is 7.32. The number of ether oxygens (including phenoxy) is 1. The molecule has 3 atom stereocenters. The smallest absolute Gasteiger partial charge is 0.354 e. The zero-order chi connectivity index (χ0) is 28.3. The second-order valence-electron chi connectivity index (χ2n) is 9.81. The van der Waals surface area contributed by atoms with Gasteiger partial charge in [-0.15, -0.1) is 24.8 Å². The Labute approximate surface area is 249 Å². The summed E-state index contributed by atoms with van der Waals surface area (Å²) in [6, 6.07) is 5.58. The van der Waals surface area contributed by atoms with Crippen molar-refractivity contribution in [2.45, 2.75) is 50.9 Å². The first kappa shape index (κ1) is 34.3. The number of carbonyl (C=O) groups excluding carboxylic acids is 2. The molecule has 0 bridgehead atoms. The van der Waals surface area contributed by atoms with Crippen molar-refractivity contribution < 1.29 is 33.4 Å². The molecule has 2 aliphatic heterocycles. The molecule has 0 aliphatic carbocycles. The Hall–Kier alpha value is -2.87. The van der Waals surface area contributed by atoms with Crippen LogP contribution in [0.25, 0.3) is 0 Å². The average molecular weight is 619 g/mol. The Balaban J connectivity index is 0.00000294. The molecule has 2 aromatic rings. The van der Waals surface area contributed by atoms with Crippen LogP contribution in [0.15, 0.2) is 53.9 Å². The summed E-state index contributed by atoms with van der Waals surface area (Å²) in [5.74, 6) is -2.05. The second-order valence-corrected chi connectivity index (χ2v) is 9.81. The van der Waals surface area contributed by atoms with Crippen molar-refractivity contribution in [1.29, 1.82) is 0 Å². The van der Waals surface area contributed by atoms with Gasteiger partial charge >= 0.3 is 12.1 Å². The molecule has 1 saturated heterocycles. The molecule has 10 nitrogen and oxygen atoms in total. The first-order valence-corrected chi connectivity index (χ1v) is 12.7. The van der Waals surface area contributed by atoms with E-state index in [9.17, 15) is 28.7 Å². The lowest BCUT2D eigenvalue weighted by Crippen LogP contribution is -2.62. The number of likely N-dealkylation sites (tertiary alicyclic amines) is 1. The third-order valence-corrected chi connectivity index (χ3v) is 7.24. The highest BCUT2D eigenvalue weighted by Crippen LogP contribution is 2.36. The van der Waals surface area contributed by atoms with Crippen molar-refractivity contribution in [2.75, 3.05) is 26.8 Å². The Morgan fingerprint density at radius 2 is 1.88 bits per heavy atom. The van der Waals surface area contributed by atoms with E-state index in [1.165, 1.54) is 20.1 Å². The lowest BCUT2D eigenvalue weighted by Gasteiger charge is -2.44. The summed E-state index contributed by atoms with van der Waals surface area (Å²) < 4.78 is 33.2. The average Bonchev–Trinajstić information content (AvgIpc) is 2.92. The summed E-state index contributed by atoms with van der Waals surface area (Å²) in [4.78, 5) is 33.8. The number of carbonyl (C=O) groups is 2. The van der Waals surface area contributed by atoms with Gasteiger partial charge in [-0.25, -0.2) is 23.3 Å². The molecule has 2 aliphatic rings. The van der Waals surface area contributed by atoms with Crippen molar-refractivity contribution in [3.05, 3.63) is 76.8 Å². The van der Waals surface area contributed by atoms with E-state index in [1.54, 1.807) is 18.0 Å². The van der Waals surface area contributed by atoms with Crippen LogP contribution in [0, 0.1) is 11.6 Å². The number of amides is 4. The standard InChI is InChI=1S/C27H33F2N5O5.2ClH/c1-16-20(15-39-3)24(19-7-8-21(28)22(29)14-19)33(26(36)31-16)27(37)34(38)25(17(2)35)32-12-9-18(10-13-32)23-6-4-5-11-30-23;;/h4-8,11,14,17-18,24-25,35,38H,9-10,12-13,15H2,1-3H3,(H,31,36);2*1H. The Bertz CT molecular complexity index is 1230. The largest absolute Gasteiger partial charge is 0.390 e. The molecule has 4 amide bonds. The number of nitrogens with zero attached hydrogens (tertiary/aromatic N) is 4. The molecule has 1 fully saturated rings. The first-order valence-electron chi connectivity index (χ1n) is 12.7. The topological polar surface area (TPSA) is 118 Å². The van der Waals surface area contributed by atoms with Gasteiger partial charge in [-0.2, -0.15) is 5.06 Å². The van der Waals surface area contributed by atoms with Crippen LogP contribution in [0.5, 0.6) is 0 Å². The Morgan fingerprint density at radius 3 is 2.44 bits per heavy atom. The molecule has 0 saturated carbocycles. The fourth-order valence-electron chi connectivity index (χ4n) is 5.32. The number of allylic oxidation sites excluding steroid dienone is 1. The third-order valence-electron chi connectivity index (χ3n) is 7.24. The fourth-order valence-corrected chi connectivity index (χ4v) is 5.32. The van der Waals surface area contributed by atoms with Crippen LogP contribution in [0.4, 0.5) is 18.4 Å². The maximum absolute atomic E-state index is 14.2. The molecule has 3 unspecified atom stereocenters. The number of urea groups is 2. The minimum atomic E-state index is -1.19. The number of rotatable bonds is 7. The predicted molar refractivity (Wildman–Crippen MR) is 151 cm³/mol. The number of aliphatic hydroxyl groups excluding tert-OH is 1. The molecule has 41 heavy (non-hydrogen) atoms. The number of aliphatic hydroxyl groups is 1. The van der Waals surface area contributed by atoms with Crippen molar-refractivity contribution in [1.82, 2.24) is 25.2 Å². The molecule has 3 N–H and O–H groups in total. The molecule has 1 aromatic carbocycles. The number of hydroxylamine groups is 2. The highest BCUT2D eigenvalue weighted by atomic mass is 35.5. The van der Waals surface area contributed by atoms with E-state index >= 15 is 0 Å². The van der Waals surface area contributed by atoms with E-state index in [2.05, 4.69) is 10.3 Å². The van der Waals surface area contributed by atoms with Crippen LogP contribution in [0.3, 0.4) is 0 Å². The van der Waals surface area contributed by atoms with Gasteiger partial charge in [-0.1, -0.05) is 12.1 Å². The van der Waals surface area contributed by atoms with Gasteiger partial charge in [-0.05, 0) is 56.5 Å². The van der Waals surface area contributed by atoms with Crippen molar-refractivity contribution in [3.8, 4) is 0 Å². The maximum Gasteiger partial charge on any atom is 0.354 e. The number of benzene rings is 1. The zero-order valence-corrected chi connectivity index (χ0v) is 24.5. The quantitative estimate of drug-likeness (QED) is 0.307. The number of piperidine rings is 1. The summed E-state index contributed by atoms with van der Waals surface area (Å²) in [6.07, 6.45) is 0.748. The van der Waals surface area contributed by atoms with E-state index in [4.69, 9.17) is 4.74 Å². The van der Waals surface area contributed by atoms with Gasteiger partial charge in [0.1, 0.15) is 6.17 Å². The lowest BCUT2D eigenvalue weighted by atomic mass is 9.92. The van der Waals surface area contributed by atoms with Crippen LogP contribution in [0.2, 0.25) is 0 Å². The second kappa shape index (κ2) is 14.9. The highest BCUT2D eigenvalue weighted by Gasteiger charge is 2.44. The Morgan fingerprint density at radius 1 is 1.20 bits per heavy atom. The van der Waals surface area contributed by atoms with E-state index in [0.29, 0.717) is 42.3 Å². The van der Waals surface area contributed by atoms with Crippen LogP contribution in [-0.4, -0.2) is 81.3 Å². The number of nitrogens with one attached hydrogen (secondary N) is 1. The monoisotopic (exact) mass is 617 g/mol. The summed E-state index contributed by atoms with van der Waals surface area (Å²) in [6.45, 7) is 3.91. The van der Waals surface area contributed by atoms with E-state index in [1.807, 2.05) is 18.2 Å². The van der Waals surface area contributed by atoms with Gasteiger partial charge in [0.15, 0.2) is 11.6 Å². The number of methoxy groups -OCH3 is 1. The maximum atomic E-state index is 14.2. The van der Waals surface area contributed by atoms with Crippen molar-refractivity contribution in [2.24, 2.45) is 0 Å². The van der Waals surface area contributed by atoms with Crippen molar-refractivity contribution >= 4 is 36.9 Å². The van der Waals surface area contributed by atoms with Crippen LogP contribution in [-0.2, 0) is 4.74 Å². The molecule has 226 valence electrons. The number of halogens is 4. The van der Waals surface area contributed by atoms with Crippen LogP contribution < -0.4 is 5.32 Å². The van der Waals surface area contributed by atoms with Crippen LogP contribution >= 0.6 is 24.8 Å². The van der Waals surface area contributed by atoms with Crippen molar-refractivity contribution in [3.63, 3.8) is 0 Å². The first-order chi connectivity index (χ1) is 18.6. The van der Waals surface area contributed by atoms with Gasteiger partial charge < -0.3 is 15.2 Å². The SMILES string of the molecule is COCC1=C(C)NC(=O)N(C(=O)N(O)C(C(C)O)N2CCC(c3ccccn3)CC2)C1c1ccc(F)c(F)c1.Cl.Cl. The molecule has 0 radical (unpaired) electrons. The molecule has 1 aromatic heterocycles. The number of aromatic nitrogens is 1. The molecule has 0 spiro atoms. The normalized spacial score (nSPS) is 19.5. The van der Waals surface area contributed by atoms with E-state index in [-0.39, 0.29) is 42.9 Å². The van der Waals surface area contributed by atoms with Crippen LogP contribution in [0.1, 0.15) is 49.9 Å². The van der Waals surface area contributed by atoms with E-state index in [0.717, 1.165) is 22.7 Å². The molecular formula is C27H35Cl2F2N5O5. The van der Waals surface area contributed by atoms with Gasteiger partial charge in [0.05, 0.1) is 18.8 Å². The number of imide groups is 1. The summed E-state index contributed by atoms with van der Waals surface area (Å²) in [7, 11) is 1.42. The fraction of sp³-hybridized carbons (Fsp3) is 0.444. The Kier molecular flexibility index (Phi) is 12.4. The summed E-state index contributed by atoms with van der Waals surface area (Å²) in [5.41, 5.74) is 1.86. The minimum absolute atomic E-state index is 0. The van der Waals surface area contributed by atoms with E-state index < -0.39 is 42.0 Å². The predicted octanol–water partition coefficient (Wildman–Crippen LogP) is 4.59. The number of pyridine rings is 1. The lowest BCUT2D eigenvalue weighted by molar-refractivity contribution is -0.170. The highest BCUT2D eigenvalue weighted by molar-refractivity contribution is 5.96. The van der Waals surface area contributed by atoms with Gasteiger partial charge in [0.2, 0.25) is 0 Å². The molecular weight excluding hydrogens is 583 g/mol. The van der Waals surface area contributed by atoms with Gasteiger partial charge in [0, 0.05) is 49.3 Å². The zero-order valence-electron chi connectivity index (χ0n) is 22.9. The molecule has 3 heterocycles. The summed E-state index contributed by atoms with van der Waals surface area (Å²) in [5, 5.41) is 24.7. The van der Waals surface area contributed by atoms with Gasteiger partial charge in [0.25, 0.3) is 0 Å².